The van der Waals surface area contributed by atoms with E-state index in [0.717, 1.165) is 12.7 Å². The third kappa shape index (κ3) is 4.03. The molecule has 1 aromatic rings. The number of esters is 1. The van der Waals surface area contributed by atoms with Crippen LogP contribution >= 0.6 is 11.6 Å². The molecule has 0 atom stereocenters. The van der Waals surface area contributed by atoms with Crippen molar-refractivity contribution in [3.8, 4) is 0 Å². The Morgan fingerprint density at radius 3 is 2.94 bits per heavy atom. The number of rotatable bonds is 4. The lowest BCUT2D eigenvalue weighted by molar-refractivity contribution is -0.137. The number of allylic oxidation sites excluding steroid dienone is 1. The molecule has 0 aliphatic heterocycles. The molecule has 2 nitrogen and oxygen atoms in total. The van der Waals surface area contributed by atoms with Crippen LogP contribution in [0, 0.1) is 0 Å². The van der Waals surface area contributed by atoms with Crippen LogP contribution in [0.25, 0.3) is 0 Å². The van der Waals surface area contributed by atoms with Gasteiger partial charge in [-0.2, -0.15) is 4.39 Å². The number of carbonyl (C=O) groups excluding carboxylic acids is 1. The van der Waals surface area contributed by atoms with Gasteiger partial charge < -0.3 is 4.74 Å². The molecule has 0 radical (unpaired) electrons. The van der Waals surface area contributed by atoms with Gasteiger partial charge in [0.15, 0.2) is 0 Å². The van der Waals surface area contributed by atoms with Crippen molar-refractivity contribution in [3.05, 3.63) is 46.8 Å². The minimum absolute atomic E-state index is 0.432. The molecule has 0 bridgehead atoms. The lowest BCUT2D eigenvalue weighted by Gasteiger charge is -1.99. The number of methoxy groups -OCH3 is 1. The molecule has 0 unspecified atom stereocenters. The van der Waals surface area contributed by atoms with Gasteiger partial charge in [0.05, 0.1) is 7.11 Å². The molecule has 0 N–H and O–H groups in total. The molecular weight excluding hydrogens is 231 g/mol. The summed E-state index contributed by atoms with van der Waals surface area (Å²) in [5.41, 5.74) is 1.00. The molecule has 86 valence electrons. The van der Waals surface area contributed by atoms with E-state index in [4.69, 9.17) is 11.6 Å². The van der Waals surface area contributed by atoms with Gasteiger partial charge in [0.2, 0.25) is 5.83 Å². The summed E-state index contributed by atoms with van der Waals surface area (Å²) < 4.78 is 17.2. The van der Waals surface area contributed by atoms with Gasteiger partial charge >= 0.3 is 5.97 Å². The van der Waals surface area contributed by atoms with Crippen molar-refractivity contribution in [2.45, 2.75) is 12.8 Å². The maximum atomic E-state index is 12.9. The van der Waals surface area contributed by atoms with E-state index in [1.54, 1.807) is 6.07 Å². The zero-order valence-corrected chi connectivity index (χ0v) is 9.63. The first-order valence-electron chi connectivity index (χ1n) is 4.82. The molecule has 0 aliphatic rings. The van der Waals surface area contributed by atoms with Crippen molar-refractivity contribution in [1.29, 1.82) is 0 Å². The molecule has 4 heteroatoms. The Labute approximate surface area is 98.7 Å². The maximum Gasteiger partial charge on any atom is 0.366 e. The molecule has 1 aromatic carbocycles. The molecule has 0 fully saturated rings. The number of halogens is 2. The second kappa shape index (κ2) is 6.28. The summed E-state index contributed by atoms with van der Waals surface area (Å²) in [6.45, 7) is 0. The number of ether oxygens (including phenoxy) is 1. The third-order valence-electron chi connectivity index (χ3n) is 2.03. The number of hydrogen-bond donors (Lipinski definition) is 0. The van der Waals surface area contributed by atoms with Crippen LogP contribution in [-0.4, -0.2) is 13.1 Å². The van der Waals surface area contributed by atoms with Crippen LogP contribution in [0.3, 0.4) is 0 Å². The molecule has 1 rings (SSSR count). The third-order valence-corrected chi connectivity index (χ3v) is 2.26. The Morgan fingerprint density at radius 1 is 1.56 bits per heavy atom. The van der Waals surface area contributed by atoms with Gasteiger partial charge in [-0.1, -0.05) is 23.7 Å². The number of hydrogen-bond acceptors (Lipinski definition) is 2. The molecule has 0 saturated heterocycles. The second-order valence-corrected chi connectivity index (χ2v) is 3.65. The Hall–Kier alpha value is -1.35. The molecule has 0 aliphatic carbocycles. The van der Waals surface area contributed by atoms with Crippen molar-refractivity contribution in [2.75, 3.05) is 7.11 Å². The first-order chi connectivity index (χ1) is 7.63. The maximum absolute atomic E-state index is 12.9. The second-order valence-electron chi connectivity index (χ2n) is 3.21. The Balaban J connectivity index is 2.50. The SMILES string of the molecule is COC(=O)/C(F)=C/CCc1cccc(Cl)c1. The highest BCUT2D eigenvalue weighted by Gasteiger charge is 2.06. The van der Waals surface area contributed by atoms with E-state index in [2.05, 4.69) is 4.74 Å². The van der Waals surface area contributed by atoms with E-state index < -0.39 is 11.8 Å². The lowest BCUT2D eigenvalue weighted by Crippen LogP contribution is -2.00. The summed E-state index contributed by atoms with van der Waals surface area (Å²) in [7, 11) is 1.15. The van der Waals surface area contributed by atoms with Crippen molar-refractivity contribution in [3.63, 3.8) is 0 Å². The summed E-state index contributed by atoms with van der Waals surface area (Å²) in [5, 5.41) is 0.648. The van der Waals surface area contributed by atoms with Gasteiger partial charge in [-0.25, -0.2) is 4.79 Å². The highest BCUT2D eigenvalue weighted by atomic mass is 35.5. The van der Waals surface area contributed by atoms with E-state index in [-0.39, 0.29) is 0 Å². The zero-order chi connectivity index (χ0) is 12.0. The van der Waals surface area contributed by atoms with E-state index in [0.29, 0.717) is 17.9 Å². The highest BCUT2D eigenvalue weighted by molar-refractivity contribution is 6.30. The quantitative estimate of drug-likeness (QED) is 0.598. The fourth-order valence-corrected chi connectivity index (χ4v) is 1.45. The summed E-state index contributed by atoms with van der Waals surface area (Å²) >= 11 is 5.80. The molecule has 0 spiro atoms. The van der Waals surface area contributed by atoms with Gasteiger partial charge in [0.25, 0.3) is 0 Å². The average Bonchev–Trinajstić information content (AvgIpc) is 2.28. The Kier molecular flexibility index (Phi) is 4.99. The van der Waals surface area contributed by atoms with Gasteiger partial charge in [-0.05, 0) is 36.6 Å². The smallest absolute Gasteiger partial charge is 0.366 e. The average molecular weight is 243 g/mol. The number of benzene rings is 1. The first-order valence-corrected chi connectivity index (χ1v) is 5.19. The predicted molar refractivity (Wildman–Crippen MR) is 61.0 cm³/mol. The zero-order valence-electron chi connectivity index (χ0n) is 8.87. The molecule has 0 heterocycles. The molecule has 0 saturated carbocycles. The van der Waals surface area contributed by atoms with Crippen molar-refractivity contribution < 1.29 is 13.9 Å². The summed E-state index contributed by atoms with van der Waals surface area (Å²) in [5.74, 6) is -1.80. The predicted octanol–water partition coefficient (Wildman–Crippen LogP) is 3.30. The molecule has 16 heavy (non-hydrogen) atoms. The first kappa shape index (κ1) is 12.7. The van der Waals surface area contributed by atoms with Crippen molar-refractivity contribution >= 4 is 17.6 Å². The van der Waals surface area contributed by atoms with Gasteiger partial charge in [-0.15, -0.1) is 0 Å². The topological polar surface area (TPSA) is 26.3 Å². The Morgan fingerprint density at radius 2 is 2.31 bits per heavy atom. The highest BCUT2D eigenvalue weighted by Crippen LogP contribution is 2.13. The van der Waals surface area contributed by atoms with Gasteiger partial charge in [0.1, 0.15) is 0 Å². The van der Waals surface area contributed by atoms with Gasteiger partial charge in [-0.3, -0.25) is 0 Å². The minimum Gasteiger partial charge on any atom is -0.464 e. The van der Waals surface area contributed by atoms with E-state index in [1.165, 1.54) is 6.08 Å². The molecule has 0 aromatic heterocycles. The lowest BCUT2D eigenvalue weighted by atomic mass is 10.1. The van der Waals surface area contributed by atoms with Crippen LogP contribution in [0.2, 0.25) is 5.02 Å². The molecule has 0 amide bonds. The van der Waals surface area contributed by atoms with Crippen LogP contribution in [0.1, 0.15) is 12.0 Å². The van der Waals surface area contributed by atoms with E-state index in [9.17, 15) is 9.18 Å². The van der Waals surface area contributed by atoms with Crippen LogP contribution in [-0.2, 0) is 16.0 Å². The van der Waals surface area contributed by atoms with E-state index in [1.807, 2.05) is 18.2 Å². The Bertz CT molecular complexity index is 402. The minimum atomic E-state index is -0.939. The summed E-state index contributed by atoms with van der Waals surface area (Å²) in [4.78, 5) is 10.7. The summed E-state index contributed by atoms with van der Waals surface area (Å²) in [6, 6.07) is 7.31. The van der Waals surface area contributed by atoms with Gasteiger partial charge in [0, 0.05) is 5.02 Å². The summed E-state index contributed by atoms with van der Waals surface area (Å²) in [6.07, 6.45) is 2.28. The van der Waals surface area contributed by atoms with E-state index >= 15 is 0 Å². The standard InChI is InChI=1S/C12H12ClFO2/c1-16-12(15)11(14)7-3-5-9-4-2-6-10(13)8-9/h2,4,6-8H,3,5H2,1H3/b11-7-. The normalized spacial score (nSPS) is 11.3. The van der Waals surface area contributed by atoms with Crippen LogP contribution in [0.5, 0.6) is 0 Å². The van der Waals surface area contributed by atoms with Crippen molar-refractivity contribution in [2.24, 2.45) is 0 Å². The number of aryl methyl sites for hydroxylation is 1. The fraction of sp³-hybridized carbons (Fsp3) is 0.250. The monoisotopic (exact) mass is 242 g/mol. The van der Waals surface area contributed by atoms with Crippen molar-refractivity contribution in [1.82, 2.24) is 0 Å². The molecular formula is C12H12ClFO2. The largest absolute Gasteiger partial charge is 0.464 e. The van der Waals surface area contributed by atoms with Crippen LogP contribution in [0.4, 0.5) is 4.39 Å². The fourth-order valence-electron chi connectivity index (χ4n) is 1.24. The number of carbonyl (C=O) groups is 1. The van der Waals surface area contributed by atoms with Crippen LogP contribution in [0.15, 0.2) is 36.2 Å². The van der Waals surface area contributed by atoms with Crippen LogP contribution < -0.4 is 0 Å².